The van der Waals surface area contributed by atoms with Crippen LogP contribution in [0.25, 0.3) is 0 Å². The zero-order valence-electron chi connectivity index (χ0n) is 15.9. The van der Waals surface area contributed by atoms with Gasteiger partial charge in [-0.05, 0) is 47.7 Å². The number of hydrogen-bond donors (Lipinski definition) is 1. The first-order valence-corrected chi connectivity index (χ1v) is 8.90. The second kappa shape index (κ2) is 7.92. The minimum Gasteiger partial charge on any atom is -0.324 e. The van der Waals surface area contributed by atoms with Gasteiger partial charge in [-0.15, -0.1) is 0 Å². The first-order chi connectivity index (χ1) is 12.1. The van der Waals surface area contributed by atoms with Crippen LogP contribution >= 0.6 is 11.6 Å². The number of nitrogens with zero attached hydrogens (tertiary/aromatic N) is 1. The Labute approximate surface area is 160 Å². The molecular formula is C21H25ClN2O2. The first-order valence-electron chi connectivity index (χ1n) is 8.52. The molecule has 0 bridgehead atoms. The monoisotopic (exact) mass is 372 g/mol. The maximum absolute atomic E-state index is 12.4. The number of carbonyl (C=O) groups is 2. The predicted octanol–water partition coefficient (Wildman–Crippen LogP) is 4.94. The third-order valence-electron chi connectivity index (χ3n) is 4.18. The van der Waals surface area contributed by atoms with Crippen molar-refractivity contribution in [2.75, 3.05) is 16.8 Å². The molecule has 2 amide bonds. The highest BCUT2D eigenvalue weighted by molar-refractivity contribution is 6.31. The van der Waals surface area contributed by atoms with Crippen LogP contribution in [0.5, 0.6) is 0 Å². The van der Waals surface area contributed by atoms with Crippen LogP contribution in [0, 0.1) is 6.92 Å². The van der Waals surface area contributed by atoms with E-state index in [9.17, 15) is 9.59 Å². The number of halogens is 1. The van der Waals surface area contributed by atoms with Gasteiger partial charge in [-0.1, -0.05) is 50.6 Å². The lowest BCUT2D eigenvalue weighted by Crippen LogP contribution is -2.36. The summed E-state index contributed by atoms with van der Waals surface area (Å²) in [7, 11) is 0. The van der Waals surface area contributed by atoms with Gasteiger partial charge in [0.05, 0.1) is 0 Å². The van der Waals surface area contributed by atoms with Crippen LogP contribution in [-0.2, 0) is 15.0 Å². The lowest BCUT2D eigenvalue weighted by Gasteiger charge is -2.23. The molecule has 0 unspecified atom stereocenters. The number of nitrogens with one attached hydrogen (secondary N) is 1. The summed E-state index contributed by atoms with van der Waals surface area (Å²) in [6, 6.07) is 13.0. The minimum absolute atomic E-state index is 0.0294. The molecule has 26 heavy (non-hydrogen) atoms. The van der Waals surface area contributed by atoms with E-state index in [0.717, 1.165) is 5.56 Å². The van der Waals surface area contributed by atoms with Gasteiger partial charge in [0.15, 0.2) is 0 Å². The van der Waals surface area contributed by atoms with Crippen molar-refractivity contribution < 1.29 is 9.59 Å². The second-order valence-electron chi connectivity index (χ2n) is 7.41. The summed E-state index contributed by atoms with van der Waals surface area (Å²) in [5, 5.41) is 3.37. The number of aryl methyl sites for hydroxylation is 1. The van der Waals surface area contributed by atoms with Gasteiger partial charge in [0.25, 0.3) is 0 Å². The zero-order chi connectivity index (χ0) is 19.5. The molecular weight excluding hydrogens is 348 g/mol. The summed E-state index contributed by atoms with van der Waals surface area (Å²) < 4.78 is 0. The number of amides is 2. The Morgan fingerprint density at radius 1 is 1.08 bits per heavy atom. The van der Waals surface area contributed by atoms with E-state index in [1.165, 1.54) is 17.4 Å². The number of rotatable bonds is 4. The summed E-state index contributed by atoms with van der Waals surface area (Å²) in [6.45, 7) is 9.68. The number of carbonyl (C=O) groups excluding carboxylic acids is 2. The molecule has 0 atom stereocenters. The lowest BCUT2D eigenvalue weighted by molar-refractivity contribution is -0.120. The molecule has 0 fully saturated rings. The van der Waals surface area contributed by atoms with E-state index in [2.05, 4.69) is 26.1 Å². The van der Waals surface area contributed by atoms with Gasteiger partial charge in [-0.25, -0.2) is 0 Å². The molecule has 5 heteroatoms. The Bertz CT molecular complexity index is 808. The van der Waals surface area contributed by atoms with Crippen LogP contribution in [0.1, 0.15) is 38.8 Å². The van der Waals surface area contributed by atoms with Gasteiger partial charge in [-0.2, -0.15) is 0 Å². The van der Waals surface area contributed by atoms with Crippen molar-refractivity contribution in [2.24, 2.45) is 0 Å². The molecule has 2 rings (SSSR count). The van der Waals surface area contributed by atoms with E-state index in [1.54, 1.807) is 12.1 Å². The summed E-state index contributed by atoms with van der Waals surface area (Å²) in [4.78, 5) is 25.9. The quantitative estimate of drug-likeness (QED) is 0.826. The van der Waals surface area contributed by atoms with Crippen LogP contribution in [0.3, 0.4) is 0 Å². The number of anilines is 2. The van der Waals surface area contributed by atoms with E-state index in [0.29, 0.717) is 16.4 Å². The van der Waals surface area contributed by atoms with E-state index in [1.807, 2.05) is 37.3 Å². The van der Waals surface area contributed by atoms with Crippen molar-refractivity contribution in [3.63, 3.8) is 0 Å². The molecule has 1 N–H and O–H groups in total. The zero-order valence-corrected chi connectivity index (χ0v) is 16.6. The Morgan fingerprint density at radius 3 is 2.19 bits per heavy atom. The minimum atomic E-state index is -0.278. The third kappa shape index (κ3) is 5.09. The Morgan fingerprint density at radius 2 is 1.69 bits per heavy atom. The topological polar surface area (TPSA) is 49.4 Å². The molecule has 0 heterocycles. The summed E-state index contributed by atoms with van der Waals surface area (Å²) in [5.74, 6) is -0.467. The average molecular weight is 373 g/mol. The molecule has 138 valence electrons. The fourth-order valence-electron chi connectivity index (χ4n) is 2.54. The molecule has 0 aliphatic carbocycles. The van der Waals surface area contributed by atoms with E-state index >= 15 is 0 Å². The van der Waals surface area contributed by atoms with Crippen molar-refractivity contribution in [1.29, 1.82) is 0 Å². The van der Waals surface area contributed by atoms with Crippen molar-refractivity contribution in [2.45, 2.75) is 40.0 Å². The van der Waals surface area contributed by atoms with Crippen molar-refractivity contribution >= 4 is 34.8 Å². The molecule has 0 saturated carbocycles. The normalized spacial score (nSPS) is 11.2. The Hall–Kier alpha value is -2.33. The highest BCUT2D eigenvalue weighted by Crippen LogP contribution is 2.25. The predicted molar refractivity (Wildman–Crippen MR) is 108 cm³/mol. The first kappa shape index (κ1) is 20.0. The van der Waals surface area contributed by atoms with Crippen LogP contribution in [0.4, 0.5) is 11.4 Å². The summed E-state index contributed by atoms with van der Waals surface area (Å²) in [5.41, 5.74) is 3.44. The van der Waals surface area contributed by atoms with E-state index < -0.39 is 0 Å². The molecule has 0 spiro atoms. The molecule has 4 nitrogen and oxygen atoms in total. The highest BCUT2D eigenvalue weighted by Gasteiger charge is 2.18. The van der Waals surface area contributed by atoms with Crippen LogP contribution in [0.2, 0.25) is 5.02 Å². The summed E-state index contributed by atoms with van der Waals surface area (Å²) in [6.07, 6.45) is 0. The van der Waals surface area contributed by atoms with Crippen LogP contribution in [-0.4, -0.2) is 18.4 Å². The lowest BCUT2D eigenvalue weighted by atomic mass is 9.87. The standard InChI is InChI=1S/C21H25ClN2O2/c1-14-6-9-17(12-19(14)22)23-20(26)13-24(15(2)25)18-10-7-16(8-11-18)21(3,4)5/h6-12H,13H2,1-5H3,(H,23,26). The molecule has 0 aromatic heterocycles. The third-order valence-corrected chi connectivity index (χ3v) is 4.59. The second-order valence-corrected chi connectivity index (χ2v) is 7.82. The Kier molecular flexibility index (Phi) is 6.09. The van der Waals surface area contributed by atoms with Crippen molar-refractivity contribution in [3.8, 4) is 0 Å². The van der Waals surface area contributed by atoms with Crippen LogP contribution < -0.4 is 10.2 Å². The molecule has 0 saturated heterocycles. The molecule has 0 aliphatic rings. The van der Waals surface area contributed by atoms with Crippen LogP contribution in [0.15, 0.2) is 42.5 Å². The van der Waals surface area contributed by atoms with Gasteiger partial charge in [0, 0.05) is 23.3 Å². The average Bonchev–Trinajstić information content (AvgIpc) is 2.55. The molecule has 0 aliphatic heterocycles. The van der Waals surface area contributed by atoms with Gasteiger partial charge >= 0.3 is 0 Å². The Balaban J connectivity index is 2.13. The maximum atomic E-state index is 12.4. The van der Waals surface area contributed by atoms with E-state index in [-0.39, 0.29) is 23.8 Å². The van der Waals surface area contributed by atoms with E-state index in [4.69, 9.17) is 11.6 Å². The van der Waals surface area contributed by atoms with Crippen molar-refractivity contribution in [1.82, 2.24) is 0 Å². The SMILES string of the molecule is CC(=O)N(CC(=O)Nc1ccc(C)c(Cl)c1)c1ccc(C(C)(C)C)cc1. The van der Waals surface area contributed by atoms with Gasteiger partial charge in [0.2, 0.25) is 11.8 Å². The maximum Gasteiger partial charge on any atom is 0.244 e. The number of hydrogen-bond acceptors (Lipinski definition) is 2. The molecule has 0 radical (unpaired) electrons. The largest absolute Gasteiger partial charge is 0.324 e. The van der Waals surface area contributed by atoms with Gasteiger partial charge in [0.1, 0.15) is 6.54 Å². The fraction of sp³-hybridized carbons (Fsp3) is 0.333. The van der Waals surface area contributed by atoms with Crippen molar-refractivity contribution in [3.05, 3.63) is 58.6 Å². The smallest absolute Gasteiger partial charge is 0.244 e. The summed E-state index contributed by atoms with van der Waals surface area (Å²) >= 11 is 6.09. The molecule has 2 aromatic carbocycles. The number of benzene rings is 2. The van der Waals surface area contributed by atoms with Gasteiger partial charge < -0.3 is 10.2 Å². The highest BCUT2D eigenvalue weighted by atomic mass is 35.5. The fourth-order valence-corrected chi connectivity index (χ4v) is 2.72. The molecule has 2 aromatic rings. The van der Waals surface area contributed by atoms with Gasteiger partial charge in [-0.3, -0.25) is 9.59 Å².